The molecule has 0 aliphatic heterocycles. The van der Waals surface area contributed by atoms with Crippen LogP contribution in [0.2, 0.25) is 0 Å². The van der Waals surface area contributed by atoms with E-state index in [9.17, 15) is 4.79 Å². The van der Waals surface area contributed by atoms with Gasteiger partial charge in [-0.05, 0) is 37.0 Å². The second kappa shape index (κ2) is 8.21. The fourth-order valence-electron chi connectivity index (χ4n) is 2.48. The number of hydrogen-bond acceptors (Lipinski definition) is 3. The second-order valence-corrected chi connectivity index (χ2v) is 5.20. The van der Waals surface area contributed by atoms with Gasteiger partial charge in [0.2, 0.25) is 0 Å². The lowest BCUT2D eigenvalue weighted by Gasteiger charge is -2.06. The van der Waals surface area contributed by atoms with E-state index in [-0.39, 0.29) is 13.2 Å². The Balaban J connectivity index is 1.79. The molecule has 1 aromatic rings. The summed E-state index contributed by atoms with van der Waals surface area (Å²) in [5.74, 6) is 7.95. The van der Waals surface area contributed by atoms with Crippen LogP contribution in [0.3, 0.4) is 0 Å². The number of nitrogens with two attached hydrogens (primary N) is 1. The van der Waals surface area contributed by atoms with E-state index in [0.29, 0.717) is 0 Å². The molecule has 1 amide bonds. The minimum absolute atomic E-state index is 0.146. The molecule has 1 aliphatic carbocycles. The monoisotopic (exact) mass is 287 g/mol. The molecule has 4 nitrogen and oxygen atoms in total. The van der Waals surface area contributed by atoms with E-state index in [1.165, 1.54) is 25.7 Å². The Morgan fingerprint density at radius 2 is 2.10 bits per heavy atom. The molecule has 2 N–H and O–H groups in total. The lowest BCUT2D eigenvalue weighted by atomic mass is 10.0. The molecule has 112 valence electrons. The van der Waals surface area contributed by atoms with Crippen LogP contribution in [0.4, 0.5) is 4.79 Å². The number of carbonyl (C=O) groups is 1. The maximum atomic E-state index is 10.4. The van der Waals surface area contributed by atoms with Gasteiger partial charge in [-0.1, -0.05) is 30.7 Å². The molecule has 0 saturated heterocycles. The molecule has 0 heterocycles. The zero-order valence-corrected chi connectivity index (χ0v) is 12.1. The van der Waals surface area contributed by atoms with Crippen molar-refractivity contribution < 1.29 is 14.3 Å². The summed E-state index contributed by atoms with van der Waals surface area (Å²) in [6.45, 7) is 0.425. The Hall–Kier alpha value is -2.15. The van der Waals surface area contributed by atoms with Gasteiger partial charge in [-0.2, -0.15) is 0 Å². The molecule has 0 unspecified atom stereocenters. The van der Waals surface area contributed by atoms with E-state index in [2.05, 4.69) is 16.6 Å². The SMILES string of the molecule is NC(=O)OCCOc1cccc(C#CCC2CCCC2)c1. The molecule has 0 radical (unpaired) electrons. The fourth-order valence-corrected chi connectivity index (χ4v) is 2.48. The average molecular weight is 287 g/mol. The van der Waals surface area contributed by atoms with Gasteiger partial charge >= 0.3 is 6.09 Å². The zero-order valence-electron chi connectivity index (χ0n) is 12.1. The van der Waals surface area contributed by atoms with E-state index in [1.54, 1.807) is 0 Å². The molecule has 0 spiro atoms. The maximum Gasteiger partial charge on any atom is 0.404 e. The van der Waals surface area contributed by atoms with E-state index < -0.39 is 6.09 Å². The van der Waals surface area contributed by atoms with Crippen LogP contribution in [0, 0.1) is 17.8 Å². The first kappa shape index (κ1) is 15.2. The van der Waals surface area contributed by atoms with Crippen molar-refractivity contribution in [2.75, 3.05) is 13.2 Å². The zero-order chi connectivity index (χ0) is 14.9. The van der Waals surface area contributed by atoms with E-state index in [4.69, 9.17) is 10.5 Å². The van der Waals surface area contributed by atoms with Crippen molar-refractivity contribution in [1.29, 1.82) is 0 Å². The molecule has 0 aromatic heterocycles. The number of ether oxygens (including phenoxy) is 2. The van der Waals surface area contributed by atoms with Gasteiger partial charge in [-0.25, -0.2) is 4.79 Å². The summed E-state index contributed by atoms with van der Waals surface area (Å²) in [4.78, 5) is 10.4. The number of primary amides is 1. The highest BCUT2D eigenvalue weighted by molar-refractivity contribution is 5.64. The maximum absolute atomic E-state index is 10.4. The van der Waals surface area contributed by atoms with Crippen LogP contribution < -0.4 is 10.5 Å². The highest BCUT2D eigenvalue weighted by Gasteiger charge is 2.12. The predicted molar refractivity (Wildman–Crippen MR) is 80.9 cm³/mol. The first-order valence-corrected chi connectivity index (χ1v) is 7.38. The summed E-state index contributed by atoms with van der Waals surface area (Å²) in [7, 11) is 0. The number of rotatable bonds is 5. The number of hydrogen-bond donors (Lipinski definition) is 1. The van der Waals surface area contributed by atoms with Crippen molar-refractivity contribution in [1.82, 2.24) is 0 Å². The molecule has 2 rings (SSSR count). The van der Waals surface area contributed by atoms with Crippen molar-refractivity contribution in [2.24, 2.45) is 11.7 Å². The van der Waals surface area contributed by atoms with E-state index in [1.807, 2.05) is 24.3 Å². The first-order chi connectivity index (χ1) is 10.2. The van der Waals surface area contributed by atoms with Crippen molar-refractivity contribution >= 4 is 6.09 Å². The average Bonchev–Trinajstić information content (AvgIpc) is 2.97. The molecule has 1 aliphatic rings. The minimum Gasteiger partial charge on any atom is -0.490 e. The van der Waals surface area contributed by atoms with Crippen LogP contribution in [0.15, 0.2) is 24.3 Å². The van der Waals surface area contributed by atoms with Gasteiger partial charge < -0.3 is 15.2 Å². The summed E-state index contributed by atoms with van der Waals surface area (Å²) >= 11 is 0. The third kappa shape index (κ3) is 5.78. The quantitative estimate of drug-likeness (QED) is 0.668. The first-order valence-electron chi connectivity index (χ1n) is 7.38. The molecule has 1 saturated carbocycles. The molecular formula is C17H21NO3. The predicted octanol–water partition coefficient (Wildman–Crippen LogP) is 3.09. The molecule has 21 heavy (non-hydrogen) atoms. The van der Waals surface area contributed by atoms with Gasteiger partial charge in [-0.3, -0.25) is 0 Å². The van der Waals surface area contributed by atoms with Crippen LogP contribution in [0.5, 0.6) is 5.75 Å². The van der Waals surface area contributed by atoms with E-state index >= 15 is 0 Å². The number of amides is 1. The minimum atomic E-state index is -0.787. The number of benzene rings is 1. The van der Waals surface area contributed by atoms with Crippen LogP contribution in [0.25, 0.3) is 0 Å². The Bertz CT molecular complexity index is 524. The number of carbonyl (C=O) groups excluding carboxylic acids is 1. The van der Waals surface area contributed by atoms with Gasteiger partial charge in [0.05, 0.1) is 0 Å². The lowest BCUT2D eigenvalue weighted by molar-refractivity contribution is 0.134. The summed E-state index contributed by atoms with van der Waals surface area (Å²) < 4.78 is 10.1. The smallest absolute Gasteiger partial charge is 0.404 e. The molecule has 4 heteroatoms. The molecule has 0 bridgehead atoms. The van der Waals surface area contributed by atoms with Crippen molar-refractivity contribution in [3.05, 3.63) is 29.8 Å². The summed E-state index contributed by atoms with van der Waals surface area (Å²) in [5, 5.41) is 0. The summed E-state index contributed by atoms with van der Waals surface area (Å²) in [6, 6.07) is 7.62. The third-order valence-electron chi connectivity index (χ3n) is 3.53. The van der Waals surface area contributed by atoms with Gasteiger partial charge in [0.25, 0.3) is 0 Å². The van der Waals surface area contributed by atoms with Crippen LogP contribution in [-0.2, 0) is 4.74 Å². The topological polar surface area (TPSA) is 61.6 Å². The van der Waals surface area contributed by atoms with Gasteiger partial charge in [0.1, 0.15) is 19.0 Å². The molecule has 0 atom stereocenters. The fraction of sp³-hybridized carbons (Fsp3) is 0.471. The highest BCUT2D eigenvalue weighted by atomic mass is 16.6. The van der Waals surface area contributed by atoms with Crippen molar-refractivity contribution in [2.45, 2.75) is 32.1 Å². The highest BCUT2D eigenvalue weighted by Crippen LogP contribution is 2.26. The lowest BCUT2D eigenvalue weighted by Crippen LogP contribution is -2.17. The molecule has 1 aromatic carbocycles. The summed E-state index contributed by atoms with van der Waals surface area (Å²) in [6.07, 6.45) is 5.53. The van der Waals surface area contributed by atoms with Gasteiger partial charge in [0.15, 0.2) is 0 Å². The Kier molecular flexibility index (Phi) is 5.96. The largest absolute Gasteiger partial charge is 0.490 e. The van der Waals surface area contributed by atoms with Crippen LogP contribution in [0.1, 0.15) is 37.7 Å². The van der Waals surface area contributed by atoms with Crippen LogP contribution >= 0.6 is 0 Å². The Morgan fingerprint density at radius 3 is 2.86 bits per heavy atom. The molecule has 1 fully saturated rings. The Morgan fingerprint density at radius 1 is 1.29 bits per heavy atom. The van der Waals surface area contributed by atoms with Crippen molar-refractivity contribution in [3.63, 3.8) is 0 Å². The van der Waals surface area contributed by atoms with Crippen molar-refractivity contribution in [3.8, 4) is 17.6 Å². The Labute approximate surface area is 125 Å². The summed E-state index contributed by atoms with van der Waals surface area (Å²) in [5.41, 5.74) is 5.81. The van der Waals surface area contributed by atoms with E-state index in [0.717, 1.165) is 23.7 Å². The van der Waals surface area contributed by atoms with Gasteiger partial charge in [0, 0.05) is 12.0 Å². The van der Waals surface area contributed by atoms with Crippen LogP contribution in [-0.4, -0.2) is 19.3 Å². The van der Waals surface area contributed by atoms with Gasteiger partial charge in [-0.15, -0.1) is 0 Å². The molecular weight excluding hydrogens is 266 g/mol. The standard InChI is InChI=1S/C17H21NO3/c18-17(19)21-12-11-20-16-10-4-9-15(13-16)8-3-7-14-5-1-2-6-14/h4,9-10,13-14H,1-2,5-7,11-12H2,(H2,18,19). The normalized spacial score (nSPS) is 14.3. The second-order valence-electron chi connectivity index (χ2n) is 5.20. The third-order valence-corrected chi connectivity index (χ3v) is 3.53.